The number of carbonyl (C=O) groups excluding carboxylic acids is 2. The fraction of sp³-hybridized carbons (Fsp3) is 0.125. The van der Waals surface area contributed by atoms with Crippen molar-refractivity contribution in [1.82, 2.24) is 0 Å². The lowest BCUT2D eigenvalue weighted by Gasteiger charge is -2.14. The monoisotopic (exact) mass is 350 g/mol. The van der Waals surface area contributed by atoms with E-state index in [0.29, 0.717) is 0 Å². The predicted molar refractivity (Wildman–Crippen MR) is 83.0 cm³/mol. The number of hydrogen-bond acceptors (Lipinski definition) is 5. The van der Waals surface area contributed by atoms with Crippen molar-refractivity contribution in [3.8, 4) is 0 Å². The number of rotatable bonds is 5. The maximum absolute atomic E-state index is 13.5. The number of nitro benzene ring substituents is 1. The van der Waals surface area contributed by atoms with Crippen LogP contribution in [-0.4, -0.2) is 22.9 Å². The molecule has 1 amide bonds. The third-order valence-corrected chi connectivity index (χ3v) is 3.18. The Morgan fingerprint density at radius 1 is 1.12 bits per heavy atom. The van der Waals surface area contributed by atoms with Gasteiger partial charge >= 0.3 is 5.97 Å². The summed E-state index contributed by atoms with van der Waals surface area (Å²) in [5.41, 5.74) is -1.38. The van der Waals surface area contributed by atoms with E-state index in [0.717, 1.165) is 18.2 Å². The molecule has 2 aromatic carbocycles. The van der Waals surface area contributed by atoms with E-state index in [4.69, 9.17) is 4.74 Å². The van der Waals surface area contributed by atoms with Gasteiger partial charge in [0.05, 0.1) is 4.92 Å². The molecular formula is C16H12F2N2O5. The minimum Gasteiger partial charge on any atom is -0.449 e. The van der Waals surface area contributed by atoms with Gasteiger partial charge in [0, 0.05) is 6.07 Å². The normalized spacial score (nSPS) is 11.5. The summed E-state index contributed by atoms with van der Waals surface area (Å²) < 4.78 is 31.8. The van der Waals surface area contributed by atoms with Crippen LogP contribution in [0.15, 0.2) is 42.5 Å². The summed E-state index contributed by atoms with van der Waals surface area (Å²) in [5.74, 6) is -4.51. The fourth-order valence-corrected chi connectivity index (χ4v) is 1.94. The zero-order valence-electron chi connectivity index (χ0n) is 12.9. The Bertz CT molecular complexity index is 821. The number of amides is 1. The van der Waals surface area contributed by atoms with Gasteiger partial charge in [-0.15, -0.1) is 0 Å². The van der Waals surface area contributed by atoms with E-state index in [9.17, 15) is 28.5 Å². The number of nitrogens with one attached hydrogen (secondary N) is 1. The molecule has 0 spiro atoms. The number of anilines is 1. The molecule has 0 bridgehead atoms. The topological polar surface area (TPSA) is 98.5 Å². The third-order valence-electron chi connectivity index (χ3n) is 3.18. The van der Waals surface area contributed by atoms with Gasteiger partial charge in [0.15, 0.2) is 6.10 Å². The quantitative estimate of drug-likeness (QED) is 0.508. The summed E-state index contributed by atoms with van der Waals surface area (Å²) in [4.78, 5) is 34.1. The first-order valence-corrected chi connectivity index (χ1v) is 7.00. The average Bonchev–Trinajstić information content (AvgIpc) is 2.54. The van der Waals surface area contributed by atoms with Gasteiger partial charge in [-0.1, -0.05) is 18.2 Å². The van der Waals surface area contributed by atoms with Crippen molar-refractivity contribution in [3.05, 3.63) is 69.8 Å². The predicted octanol–water partition coefficient (Wildman–Crippen LogP) is 3.06. The second-order valence-electron chi connectivity index (χ2n) is 4.91. The highest BCUT2D eigenvalue weighted by molar-refractivity contribution is 5.98. The highest BCUT2D eigenvalue weighted by Crippen LogP contribution is 2.23. The van der Waals surface area contributed by atoms with Gasteiger partial charge in [-0.25, -0.2) is 13.6 Å². The zero-order chi connectivity index (χ0) is 18.6. The first-order chi connectivity index (χ1) is 11.8. The fourth-order valence-electron chi connectivity index (χ4n) is 1.94. The van der Waals surface area contributed by atoms with E-state index in [1.54, 1.807) is 0 Å². The molecular weight excluding hydrogens is 338 g/mol. The minimum absolute atomic E-state index is 0.0996. The number of para-hydroxylation sites is 2. The lowest BCUT2D eigenvalue weighted by Crippen LogP contribution is -2.30. The molecule has 0 unspecified atom stereocenters. The van der Waals surface area contributed by atoms with Crippen molar-refractivity contribution in [1.29, 1.82) is 0 Å². The van der Waals surface area contributed by atoms with Crippen LogP contribution in [0.25, 0.3) is 0 Å². The SMILES string of the molecule is C[C@@H](OC(=O)c1c(F)cccc1F)C(=O)Nc1ccccc1[N+](=O)[O-]. The Labute approximate surface area is 140 Å². The Balaban J connectivity index is 2.11. The Kier molecular flexibility index (Phi) is 5.38. The molecule has 2 rings (SSSR count). The highest BCUT2D eigenvalue weighted by atomic mass is 19.1. The Morgan fingerprint density at radius 3 is 2.32 bits per heavy atom. The molecule has 0 fully saturated rings. The number of benzene rings is 2. The summed E-state index contributed by atoms with van der Waals surface area (Å²) in [6, 6.07) is 8.18. The summed E-state index contributed by atoms with van der Waals surface area (Å²) in [6.45, 7) is 1.17. The van der Waals surface area contributed by atoms with Crippen LogP contribution in [0.4, 0.5) is 20.2 Å². The Morgan fingerprint density at radius 2 is 1.72 bits per heavy atom. The molecule has 0 aliphatic rings. The minimum atomic E-state index is -1.44. The molecule has 0 aliphatic carbocycles. The molecule has 1 N–H and O–H groups in total. The van der Waals surface area contributed by atoms with Crippen LogP contribution >= 0.6 is 0 Å². The van der Waals surface area contributed by atoms with Crippen LogP contribution in [0.5, 0.6) is 0 Å². The Hall–Kier alpha value is -3.36. The van der Waals surface area contributed by atoms with E-state index >= 15 is 0 Å². The number of carbonyl (C=O) groups is 2. The van der Waals surface area contributed by atoms with Crippen molar-refractivity contribution in [3.63, 3.8) is 0 Å². The van der Waals surface area contributed by atoms with Crippen molar-refractivity contribution in [2.45, 2.75) is 13.0 Å². The molecule has 0 radical (unpaired) electrons. The van der Waals surface area contributed by atoms with Crippen LogP contribution in [0.2, 0.25) is 0 Å². The van der Waals surface area contributed by atoms with Crippen LogP contribution in [-0.2, 0) is 9.53 Å². The number of ether oxygens (including phenoxy) is 1. The van der Waals surface area contributed by atoms with Crippen molar-refractivity contribution < 1.29 is 28.0 Å². The van der Waals surface area contributed by atoms with Gasteiger partial charge in [0.1, 0.15) is 22.9 Å². The van der Waals surface area contributed by atoms with Crippen molar-refractivity contribution in [2.75, 3.05) is 5.32 Å². The standard InChI is InChI=1S/C16H12F2N2O5/c1-9(25-16(22)14-10(17)5-4-6-11(14)18)15(21)19-12-7-2-3-8-13(12)20(23)24/h2-9H,1H3,(H,19,21)/t9-/m1/s1. The molecule has 1 atom stereocenters. The van der Waals surface area contributed by atoms with E-state index in [1.165, 1.54) is 31.2 Å². The molecule has 0 heterocycles. The largest absolute Gasteiger partial charge is 0.449 e. The van der Waals surface area contributed by atoms with Gasteiger partial charge < -0.3 is 10.1 Å². The van der Waals surface area contributed by atoms with Gasteiger partial charge in [-0.3, -0.25) is 14.9 Å². The molecule has 7 nitrogen and oxygen atoms in total. The molecule has 0 saturated heterocycles. The van der Waals surface area contributed by atoms with Gasteiger partial charge in [0.2, 0.25) is 0 Å². The highest BCUT2D eigenvalue weighted by Gasteiger charge is 2.25. The van der Waals surface area contributed by atoms with E-state index in [1.807, 2.05) is 0 Å². The maximum Gasteiger partial charge on any atom is 0.344 e. The number of hydrogen-bond donors (Lipinski definition) is 1. The average molecular weight is 350 g/mol. The van der Waals surface area contributed by atoms with Gasteiger partial charge in [-0.05, 0) is 25.1 Å². The number of nitro groups is 1. The summed E-state index contributed by atoms with van der Waals surface area (Å²) in [7, 11) is 0. The second-order valence-corrected chi connectivity index (χ2v) is 4.91. The molecule has 0 aliphatic heterocycles. The van der Waals surface area contributed by atoms with Crippen LogP contribution in [0.3, 0.4) is 0 Å². The summed E-state index contributed by atoms with van der Waals surface area (Å²) >= 11 is 0. The smallest absolute Gasteiger partial charge is 0.344 e. The van der Waals surface area contributed by atoms with Crippen molar-refractivity contribution >= 4 is 23.3 Å². The van der Waals surface area contributed by atoms with Crippen molar-refractivity contribution in [2.24, 2.45) is 0 Å². The summed E-state index contributed by atoms with van der Waals surface area (Å²) in [5, 5.41) is 13.1. The van der Waals surface area contributed by atoms with E-state index in [2.05, 4.69) is 5.32 Å². The maximum atomic E-state index is 13.5. The summed E-state index contributed by atoms with van der Waals surface area (Å²) in [6.07, 6.45) is -1.44. The lowest BCUT2D eigenvalue weighted by molar-refractivity contribution is -0.383. The van der Waals surface area contributed by atoms with Crippen LogP contribution in [0, 0.1) is 21.7 Å². The number of nitrogens with zero attached hydrogens (tertiary/aromatic N) is 1. The van der Waals surface area contributed by atoms with Crippen LogP contribution in [0.1, 0.15) is 17.3 Å². The third kappa shape index (κ3) is 4.14. The van der Waals surface area contributed by atoms with Gasteiger partial charge in [-0.2, -0.15) is 0 Å². The van der Waals surface area contributed by atoms with E-state index < -0.39 is 40.1 Å². The molecule has 0 aromatic heterocycles. The first kappa shape index (κ1) is 18.0. The molecule has 0 saturated carbocycles. The lowest BCUT2D eigenvalue weighted by atomic mass is 10.2. The number of halogens is 2. The molecule has 2 aromatic rings. The second kappa shape index (κ2) is 7.47. The van der Waals surface area contributed by atoms with E-state index in [-0.39, 0.29) is 11.4 Å². The number of esters is 1. The van der Waals surface area contributed by atoms with Gasteiger partial charge in [0.25, 0.3) is 11.6 Å². The first-order valence-electron chi connectivity index (χ1n) is 7.00. The molecule has 130 valence electrons. The zero-order valence-corrected chi connectivity index (χ0v) is 12.9. The molecule has 25 heavy (non-hydrogen) atoms. The molecule has 9 heteroatoms. The van der Waals surface area contributed by atoms with Crippen LogP contribution < -0.4 is 5.32 Å².